The molecule has 1 rings (SSSR count). The minimum atomic E-state index is -3.53. The van der Waals surface area contributed by atoms with Crippen LogP contribution in [0.1, 0.15) is 13.8 Å². The highest BCUT2D eigenvalue weighted by Crippen LogP contribution is 2.15. The van der Waals surface area contributed by atoms with E-state index in [1.54, 1.807) is 0 Å². The number of nitrogens with two attached hydrogens (primary N) is 1. The van der Waals surface area contributed by atoms with Gasteiger partial charge in [-0.2, -0.15) is 8.42 Å². The minimum absolute atomic E-state index is 0.0158. The van der Waals surface area contributed by atoms with Crippen molar-refractivity contribution in [2.75, 3.05) is 6.61 Å². The molecule has 74 valence electrons. The molecular weight excluding hydrogens is 192 g/mol. The maximum Gasteiger partial charge on any atom is 0.282 e. The fourth-order valence-corrected chi connectivity index (χ4v) is 1.76. The second kappa shape index (κ2) is 3.47. The number of nitrogens with zero attached hydrogens (tertiary/aromatic N) is 1. The van der Waals surface area contributed by atoms with E-state index < -0.39 is 10.0 Å². The minimum Gasteiger partial charge on any atom is -0.383 e. The van der Waals surface area contributed by atoms with Gasteiger partial charge < -0.3 is 10.5 Å². The van der Waals surface area contributed by atoms with Gasteiger partial charge >= 0.3 is 0 Å². The lowest BCUT2D eigenvalue weighted by Crippen LogP contribution is -2.09. The fourth-order valence-electron chi connectivity index (χ4n) is 0.828. The SMILES string of the molecule is CC(C)OCC1=CC(N)=NS1(=O)=O. The molecule has 1 aliphatic heterocycles. The second-order valence-corrected chi connectivity index (χ2v) is 4.62. The van der Waals surface area contributed by atoms with E-state index in [2.05, 4.69) is 4.40 Å². The summed E-state index contributed by atoms with van der Waals surface area (Å²) in [7, 11) is -3.53. The van der Waals surface area contributed by atoms with Crippen LogP contribution in [0.15, 0.2) is 15.4 Å². The first-order chi connectivity index (χ1) is 5.92. The first-order valence-electron chi connectivity index (χ1n) is 3.84. The van der Waals surface area contributed by atoms with Gasteiger partial charge in [-0.25, -0.2) is 0 Å². The lowest BCUT2D eigenvalue weighted by atomic mass is 10.4. The van der Waals surface area contributed by atoms with Gasteiger partial charge in [0.05, 0.1) is 17.6 Å². The molecule has 0 aromatic carbocycles. The number of ether oxygens (including phenoxy) is 1. The summed E-state index contributed by atoms with van der Waals surface area (Å²) < 4.78 is 30.7. The summed E-state index contributed by atoms with van der Waals surface area (Å²) in [5.41, 5.74) is 5.25. The summed E-state index contributed by atoms with van der Waals surface area (Å²) in [5.74, 6) is 0.0161. The molecule has 0 bridgehead atoms. The highest BCUT2D eigenvalue weighted by molar-refractivity contribution is 7.94. The number of hydrogen-bond donors (Lipinski definition) is 1. The molecule has 0 saturated heterocycles. The Hall–Kier alpha value is -0.880. The Balaban J connectivity index is 2.70. The largest absolute Gasteiger partial charge is 0.383 e. The lowest BCUT2D eigenvalue weighted by Gasteiger charge is -2.06. The van der Waals surface area contributed by atoms with Gasteiger partial charge in [0.15, 0.2) is 0 Å². The summed E-state index contributed by atoms with van der Waals surface area (Å²) >= 11 is 0. The third kappa shape index (κ3) is 2.53. The fraction of sp³-hybridized carbons (Fsp3) is 0.571. The number of sulfonamides is 1. The maximum absolute atomic E-state index is 11.2. The van der Waals surface area contributed by atoms with Crippen molar-refractivity contribution >= 4 is 15.9 Å². The molecule has 0 radical (unpaired) electrons. The van der Waals surface area contributed by atoms with E-state index >= 15 is 0 Å². The third-order valence-electron chi connectivity index (χ3n) is 1.42. The number of rotatable bonds is 3. The van der Waals surface area contributed by atoms with Gasteiger partial charge in [0, 0.05) is 0 Å². The second-order valence-electron chi connectivity index (χ2n) is 2.96. The molecule has 0 aliphatic carbocycles. The van der Waals surface area contributed by atoms with Crippen LogP contribution in [0.5, 0.6) is 0 Å². The highest BCUT2D eigenvalue weighted by atomic mass is 32.2. The van der Waals surface area contributed by atoms with Gasteiger partial charge in [0.1, 0.15) is 5.84 Å². The van der Waals surface area contributed by atoms with E-state index in [4.69, 9.17) is 10.5 Å². The number of hydrogen-bond acceptors (Lipinski definition) is 4. The highest BCUT2D eigenvalue weighted by Gasteiger charge is 2.23. The van der Waals surface area contributed by atoms with Crippen molar-refractivity contribution in [2.24, 2.45) is 10.1 Å². The van der Waals surface area contributed by atoms with Crippen molar-refractivity contribution in [3.63, 3.8) is 0 Å². The molecule has 6 heteroatoms. The van der Waals surface area contributed by atoms with Gasteiger partial charge in [-0.3, -0.25) is 0 Å². The summed E-state index contributed by atoms with van der Waals surface area (Å²) in [6.45, 7) is 3.68. The smallest absolute Gasteiger partial charge is 0.282 e. The Morgan fingerprint density at radius 1 is 1.62 bits per heavy atom. The van der Waals surface area contributed by atoms with Crippen molar-refractivity contribution in [1.29, 1.82) is 0 Å². The van der Waals surface area contributed by atoms with E-state index in [1.807, 2.05) is 13.8 Å². The molecule has 0 spiro atoms. The predicted octanol–water partition coefficient (Wildman–Crippen LogP) is -0.00410. The zero-order chi connectivity index (χ0) is 10.1. The van der Waals surface area contributed by atoms with E-state index in [1.165, 1.54) is 6.08 Å². The molecule has 5 nitrogen and oxygen atoms in total. The Labute approximate surface area is 77.3 Å². The standard InChI is InChI=1S/C7H12N2O3S/c1-5(2)12-4-6-3-7(8)9-13(6,10)11/h3,5H,4H2,1-2H3,(H2,8,9). The average Bonchev–Trinajstić information content (AvgIpc) is 2.19. The van der Waals surface area contributed by atoms with Crippen LogP contribution in [0.2, 0.25) is 0 Å². The topological polar surface area (TPSA) is 81.8 Å². The van der Waals surface area contributed by atoms with Crippen LogP contribution < -0.4 is 5.73 Å². The average molecular weight is 204 g/mol. The van der Waals surface area contributed by atoms with Crippen molar-refractivity contribution in [2.45, 2.75) is 20.0 Å². The molecular formula is C7H12N2O3S. The monoisotopic (exact) mass is 204 g/mol. The van der Waals surface area contributed by atoms with Crippen molar-refractivity contribution in [3.05, 3.63) is 11.0 Å². The van der Waals surface area contributed by atoms with E-state index in [0.29, 0.717) is 0 Å². The molecule has 0 aromatic rings. The summed E-state index contributed by atoms with van der Waals surface area (Å²) in [5, 5.41) is 0. The van der Waals surface area contributed by atoms with Crippen LogP contribution >= 0.6 is 0 Å². The van der Waals surface area contributed by atoms with Gasteiger partial charge in [-0.15, -0.1) is 4.40 Å². The predicted molar refractivity (Wildman–Crippen MR) is 49.7 cm³/mol. The van der Waals surface area contributed by atoms with Crippen molar-refractivity contribution in [1.82, 2.24) is 0 Å². The van der Waals surface area contributed by atoms with Gasteiger partial charge in [-0.05, 0) is 19.9 Å². The van der Waals surface area contributed by atoms with Gasteiger partial charge in [-0.1, -0.05) is 0 Å². The van der Waals surface area contributed by atoms with Crippen molar-refractivity contribution in [3.8, 4) is 0 Å². The van der Waals surface area contributed by atoms with Gasteiger partial charge in [0.25, 0.3) is 10.0 Å². The van der Waals surface area contributed by atoms with E-state index in [9.17, 15) is 8.42 Å². The van der Waals surface area contributed by atoms with Crippen LogP contribution in [0, 0.1) is 0 Å². The van der Waals surface area contributed by atoms with E-state index in [-0.39, 0.29) is 23.5 Å². The Morgan fingerprint density at radius 3 is 2.62 bits per heavy atom. The summed E-state index contributed by atoms with van der Waals surface area (Å²) in [6, 6.07) is 0. The maximum atomic E-state index is 11.2. The van der Waals surface area contributed by atoms with Crippen LogP contribution in [-0.2, 0) is 14.8 Å². The van der Waals surface area contributed by atoms with Crippen molar-refractivity contribution < 1.29 is 13.2 Å². The summed E-state index contributed by atoms with van der Waals surface area (Å²) in [6.07, 6.45) is 1.30. The lowest BCUT2D eigenvalue weighted by molar-refractivity contribution is 0.101. The van der Waals surface area contributed by atoms with Crippen LogP contribution in [-0.4, -0.2) is 27.0 Å². The Kier molecular flexibility index (Phi) is 2.72. The molecule has 0 saturated carbocycles. The molecule has 2 N–H and O–H groups in total. The Morgan fingerprint density at radius 2 is 2.23 bits per heavy atom. The third-order valence-corrected chi connectivity index (χ3v) is 2.77. The first kappa shape index (κ1) is 10.2. The zero-order valence-corrected chi connectivity index (χ0v) is 8.34. The Bertz CT molecular complexity index is 354. The normalized spacial score (nSPS) is 20.2. The van der Waals surface area contributed by atoms with Gasteiger partial charge in [0.2, 0.25) is 0 Å². The number of amidine groups is 1. The first-order valence-corrected chi connectivity index (χ1v) is 5.28. The molecule has 0 fully saturated rings. The van der Waals surface area contributed by atoms with Crippen LogP contribution in [0.3, 0.4) is 0 Å². The molecule has 1 heterocycles. The molecule has 0 amide bonds. The molecule has 1 aliphatic rings. The quantitative estimate of drug-likeness (QED) is 0.701. The zero-order valence-electron chi connectivity index (χ0n) is 7.52. The molecule has 0 unspecified atom stereocenters. The summed E-state index contributed by atoms with van der Waals surface area (Å²) in [4.78, 5) is 0.124. The molecule has 13 heavy (non-hydrogen) atoms. The molecule has 0 aromatic heterocycles. The van der Waals surface area contributed by atoms with Crippen LogP contribution in [0.4, 0.5) is 0 Å². The molecule has 0 atom stereocenters. The van der Waals surface area contributed by atoms with E-state index in [0.717, 1.165) is 0 Å². The van der Waals surface area contributed by atoms with Crippen LogP contribution in [0.25, 0.3) is 0 Å².